The van der Waals surface area contributed by atoms with Crippen molar-refractivity contribution in [2.75, 3.05) is 25.2 Å². The number of carbonyl (C=O) groups excluding carboxylic acids is 1. The van der Waals surface area contributed by atoms with Crippen LogP contribution in [0.2, 0.25) is 10.0 Å². The van der Waals surface area contributed by atoms with Gasteiger partial charge in [-0.3, -0.25) is 9.69 Å². The summed E-state index contributed by atoms with van der Waals surface area (Å²) < 4.78 is 11.0. The highest BCUT2D eigenvalue weighted by molar-refractivity contribution is 7.14. The summed E-state index contributed by atoms with van der Waals surface area (Å²) in [5.41, 5.74) is 3.02. The maximum atomic E-state index is 13.5. The summed E-state index contributed by atoms with van der Waals surface area (Å²) in [6, 6.07) is 12.8. The largest absolute Gasteiger partial charge is 0.380 e. The van der Waals surface area contributed by atoms with E-state index in [-0.39, 0.29) is 12.0 Å². The number of thiazole rings is 1. The van der Waals surface area contributed by atoms with Gasteiger partial charge in [0.1, 0.15) is 0 Å². The van der Waals surface area contributed by atoms with Gasteiger partial charge in [-0.15, -0.1) is 11.3 Å². The smallest absolute Gasteiger partial charge is 0.260 e. The Bertz CT molecular complexity index is 1070. The van der Waals surface area contributed by atoms with Gasteiger partial charge in [0.15, 0.2) is 5.13 Å². The summed E-state index contributed by atoms with van der Waals surface area (Å²) in [5.74, 6) is -0.114. The van der Waals surface area contributed by atoms with Gasteiger partial charge in [-0.2, -0.15) is 0 Å². The van der Waals surface area contributed by atoms with Crippen molar-refractivity contribution in [3.05, 3.63) is 69.0 Å². The first kappa shape index (κ1) is 22.2. The van der Waals surface area contributed by atoms with E-state index in [1.807, 2.05) is 35.7 Å². The molecule has 1 unspecified atom stereocenters. The Morgan fingerprint density at radius 3 is 2.90 bits per heavy atom. The molecule has 1 aliphatic heterocycles. The first-order valence-corrected chi connectivity index (χ1v) is 11.6. The van der Waals surface area contributed by atoms with Crippen LogP contribution in [0, 0.1) is 0 Å². The van der Waals surface area contributed by atoms with Gasteiger partial charge in [-0.1, -0.05) is 35.3 Å². The SMILES string of the molecule is COCc1cccc(C(=O)N(CC2CCCO2)c2nc(-c3ccc(Cl)cc3Cl)cs2)c1. The van der Waals surface area contributed by atoms with Crippen LogP contribution < -0.4 is 4.90 Å². The van der Waals surface area contributed by atoms with Crippen LogP contribution in [0.4, 0.5) is 5.13 Å². The number of methoxy groups -OCH3 is 1. The number of hydrogen-bond donors (Lipinski definition) is 0. The molecule has 8 heteroatoms. The van der Waals surface area contributed by atoms with Crippen LogP contribution in [0.5, 0.6) is 0 Å². The molecule has 1 fully saturated rings. The number of ether oxygens (including phenoxy) is 2. The summed E-state index contributed by atoms with van der Waals surface area (Å²) >= 11 is 13.8. The number of carbonyl (C=O) groups is 1. The van der Waals surface area contributed by atoms with Crippen molar-refractivity contribution >= 4 is 45.6 Å². The first-order chi connectivity index (χ1) is 15.0. The second-order valence-electron chi connectivity index (χ2n) is 7.32. The van der Waals surface area contributed by atoms with Crippen molar-refractivity contribution < 1.29 is 14.3 Å². The summed E-state index contributed by atoms with van der Waals surface area (Å²) in [7, 11) is 1.64. The number of nitrogens with zero attached hydrogens (tertiary/aromatic N) is 2. The van der Waals surface area contributed by atoms with Crippen molar-refractivity contribution in [1.82, 2.24) is 4.98 Å². The minimum atomic E-state index is -0.114. The van der Waals surface area contributed by atoms with Gasteiger partial charge < -0.3 is 9.47 Å². The predicted molar refractivity (Wildman–Crippen MR) is 125 cm³/mol. The summed E-state index contributed by atoms with van der Waals surface area (Å²) in [5, 5.41) is 3.60. The Morgan fingerprint density at radius 2 is 2.16 bits per heavy atom. The number of anilines is 1. The zero-order chi connectivity index (χ0) is 21.8. The van der Waals surface area contributed by atoms with Gasteiger partial charge >= 0.3 is 0 Å². The van der Waals surface area contributed by atoms with Crippen molar-refractivity contribution in [3.63, 3.8) is 0 Å². The number of hydrogen-bond acceptors (Lipinski definition) is 5. The Labute approximate surface area is 195 Å². The van der Waals surface area contributed by atoms with Crippen LogP contribution in [0.1, 0.15) is 28.8 Å². The lowest BCUT2D eigenvalue weighted by molar-refractivity contribution is 0.0917. The molecule has 1 amide bonds. The minimum Gasteiger partial charge on any atom is -0.380 e. The fourth-order valence-corrected chi connectivity index (χ4v) is 4.90. The number of benzene rings is 2. The van der Waals surface area contributed by atoms with E-state index in [4.69, 9.17) is 37.7 Å². The molecule has 1 aliphatic rings. The van der Waals surface area contributed by atoms with Gasteiger partial charge in [-0.05, 0) is 48.7 Å². The van der Waals surface area contributed by atoms with Gasteiger partial charge in [0, 0.05) is 35.2 Å². The monoisotopic (exact) mass is 476 g/mol. The van der Waals surface area contributed by atoms with Crippen LogP contribution in [0.3, 0.4) is 0 Å². The Morgan fingerprint density at radius 1 is 1.29 bits per heavy atom. The normalized spacial score (nSPS) is 15.9. The zero-order valence-electron chi connectivity index (χ0n) is 17.0. The van der Waals surface area contributed by atoms with E-state index in [0.29, 0.717) is 39.6 Å². The maximum Gasteiger partial charge on any atom is 0.260 e. The predicted octanol–water partition coefficient (Wildman–Crippen LogP) is 6.09. The van der Waals surface area contributed by atoms with E-state index in [0.717, 1.165) is 30.6 Å². The Balaban J connectivity index is 1.66. The molecule has 0 saturated carbocycles. The third-order valence-corrected chi connectivity index (χ3v) is 6.48. The van der Waals surface area contributed by atoms with Crippen LogP contribution in [-0.2, 0) is 16.1 Å². The molecule has 1 aromatic heterocycles. The average molecular weight is 477 g/mol. The molecular formula is C23H22Cl2N2O3S. The molecule has 1 saturated heterocycles. The molecule has 3 aromatic rings. The van der Waals surface area contributed by atoms with Crippen molar-refractivity contribution in [3.8, 4) is 11.3 Å². The molecule has 0 radical (unpaired) electrons. The second kappa shape index (κ2) is 10.1. The van der Waals surface area contributed by atoms with E-state index >= 15 is 0 Å². The van der Waals surface area contributed by atoms with Gasteiger partial charge in [0.2, 0.25) is 0 Å². The van der Waals surface area contributed by atoms with Crippen molar-refractivity contribution in [2.24, 2.45) is 0 Å². The minimum absolute atomic E-state index is 0.00224. The van der Waals surface area contributed by atoms with Gasteiger partial charge in [-0.25, -0.2) is 4.98 Å². The van der Waals surface area contributed by atoms with E-state index in [2.05, 4.69) is 0 Å². The summed E-state index contributed by atoms with van der Waals surface area (Å²) in [4.78, 5) is 19.9. The Kier molecular flexibility index (Phi) is 7.25. The van der Waals surface area contributed by atoms with Crippen LogP contribution in [0.25, 0.3) is 11.3 Å². The first-order valence-electron chi connectivity index (χ1n) is 9.97. The van der Waals surface area contributed by atoms with Crippen molar-refractivity contribution in [2.45, 2.75) is 25.6 Å². The lowest BCUT2D eigenvalue weighted by Gasteiger charge is -2.23. The lowest BCUT2D eigenvalue weighted by Crippen LogP contribution is -2.37. The van der Waals surface area contributed by atoms with Crippen LogP contribution in [0.15, 0.2) is 47.8 Å². The van der Waals surface area contributed by atoms with Gasteiger partial charge in [0.05, 0.1) is 30.0 Å². The van der Waals surface area contributed by atoms with E-state index < -0.39 is 0 Å². The second-order valence-corrected chi connectivity index (χ2v) is 9.00. The maximum absolute atomic E-state index is 13.5. The highest BCUT2D eigenvalue weighted by Gasteiger charge is 2.27. The number of rotatable bonds is 7. The van der Waals surface area contributed by atoms with Crippen LogP contribution >= 0.6 is 34.5 Å². The molecule has 4 rings (SSSR count). The Hall–Kier alpha value is -1.96. The van der Waals surface area contributed by atoms with E-state index in [9.17, 15) is 4.79 Å². The highest BCUT2D eigenvalue weighted by Crippen LogP contribution is 2.34. The number of halogens is 2. The van der Waals surface area contributed by atoms with E-state index in [1.165, 1.54) is 11.3 Å². The average Bonchev–Trinajstić information content (AvgIpc) is 3.44. The molecule has 0 spiro atoms. The molecule has 31 heavy (non-hydrogen) atoms. The highest BCUT2D eigenvalue weighted by atomic mass is 35.5. The number of aromatic nitrogens is 1. The van der Waals surface area contributed by atoms with Crippen molar-refractivity contribution in [1.29, 1.82) is 0 Å². The molecule has 2 aromatic carbocycles. The molecule has 0 N–H and O–H groups in total. The van der Waals surface area contributed by atoms with Gasteiger partial charge in [0.25, 0.3) is 5.91 Å². The third kappa shape index (κ3) is 5.27. The third-order valence-electron chi connectivity index (χ3n) is 5.07. The summed E-state index contributed by atoms with van der Waals surface area (Å²) in [6.45, 7) is 1.62. The molecule has 1 atom stereocenters. The van der Waals surface area contributed by atoms with E-state index in [1.54, 1.807) is 24.1 Å². The summed E-state index contributed by atoms with van der Waals surface area (Å²) in [6.07, 6.45) is 1.92. The molecule has 0 aliphatic carbocycles. The topological polar surface area (TPSA) is 51.7 Å². The molecular weight excluding hydrogens is 455 g/mol. The number of amides is 1. The fourth-order valence-electron chi connectivity index (χ4n) is 3.57. The lowest BCUT2D eigenvalue weighted by atomic mass is 10.1. The molecule has 2 heterocycles. The molecule has 162 valence electrons. The zero-order valence-corrected chi connectivity index (χ0v) is 19.3. The fraction of sp³-hybridized carbons (Fsp3) is 0.304. The quantitative estimate of drug-likeness (QED) is 0.413. The molecule has 0 bridgehead atoms. The molecule has 5 nitrogen and oxygen atoms in total. The van der Waals surface area contributed by atoms with Crippen LogP contribution in [-0.4, -0.2) is 37.3 Å². The standard InChI is InChI=1S/C23H22Cl2N2O3S/c1-29-13-15-4-2-5-16(10-15)22(28)27(12-18-6-3-9-30-18)23-26-21(14-31-23)19-8-7-17(24)11-20(19)25/h2,4-5,7-8,10-11,14,18H,3,6,9,12-13H2,1H3.